The molecule has 4 heteroatoms. The van der Waals surface area contributed by atoms with Gasteiger partial charge < -0.3 is 10.2 Å². The van der Waals surface area contributed by atoms with E-state index in [1.165, 1.54) is 18.5 Å². The van der Waals surface area contributed by atoms with Crippen LogP contribution in [0.2, 0.25) is 0 Å². The monoisotopic (exact) mass is 311 g/mol. The summed E-state index contributed by atoms with van der Waals surface area (Å²) in [6.45, 7) is 7.89. The van der Waals surface area contributed by atoms with Gasteiger partial charge in [0.2, 0.25) is 0 Å². The van der Waals surface area contributed by atoms with Crippen molar-refractivity contribution in [3.05, 3.63) is 22.9 Å². The van der Waals surface area contributed by atoms with E-state index in [2.05, 4.69) is 51.0 Å². The molecule has 0 aliphatic carbocycles. The molecule has 2 rings (SSSR count). The summed E-state index contributed by atoms with van der Waals surface area (Å²) in [6, 6.07) is 2.75. The van der Waals surface area contributed by atoms with Crippen molar-refractivity contribution in [3.8, 4) is 0 Å². The number of rotatable bonds is 3. The van der Waals surface area contributed by atoms with Crippen molar-refractivity contribution in [2.24, 2.45) is 5.92 Å². The average molecular weight is 312 g/mol. The minimum atomic E-state index is 0.589. The number of pyridine rings is 1. The van der Waals surface area contributed by atoms with Crippen molar-refractivity contribution >= 4 is 21.6 Å². The van der Waals surface area contributed by atoms with E-state index in [9.17, 15) is 0 Å². The maximum Gasteiger partial charge on any atom is 0.0564 e. The topological polar surface area (TPSA) is 28.2 Å². The molecular formula is C14H22BrN3. The Morgan fingerprint density at radius 2 is 2.33 bits per heavy atom. The van der Waals surface area contributed by atoms with Gasteiger partial charge in [0.05, 0.1) is 11.9 Å². The number of nitrogens with one attached hydrogen (secondary N) is 1. The van der Waals surface area contributed by atoms with Crippen LogP contribution >= 0.6 is 15.9 Å². The van der Waals surface area contributed by atoms with Gasteiger partial charge in [0.25, 0.3) is 0 Å². The summed E-state index contributed by atoms with van der Waals surface area (Å²) in [5.41, 5.74) is 1.22. The van der Waals surface area contributed by atoms with E-state index in [-0.39, 0.29) is 0 Å². The van der Waals surface area contributed by atoms with Crippen molar-refractivity contribution in [1.29, 1.82) is 0 Å². The number of nitrogens with zero attached hydrogens (tertiary/aromatic N) is 2. The van der Waals surface area contributed by atoms with Crippen LogP contribution in [-0.2, 0) is 0 Å². The van der Waals surface area contributed by atoms with Gasteiger partial charge in [-0.15, -0.1) is 0 Å². The molecule has 100 valence electrons. The van der Waals surface area contributed by atoms with Crippen LogP contribution in [0.5, 0.6) is 0 Å². The molecule has 1 aromatic rings. The summed E-state index contributed by atoms with van der Waals surface area (Å²) in [6.07, 6.45) is 6.23. The van der Waals surface area contributed by atoms with Gasteiger partial charge in [0.1, 0.15) is 0 Å². The Bertz CT molecular complexity index is 381. The maximum absolute atomic E-state index is 4.27. The van der Waals surface area contributed by atoms with Crippen molar-refractivity contribution in [2.45, 2.75) is 32.7 Å². The van der Waals surface area contributed by atoms with E-state index in [1.54, 1.807) is 0 Å². The fraction of sp³-hybridized carbons (Fsp3) is 0.643. The fourth-order valence-electron chi connectivity index (χ4n) is 2.53. The molecule has 1 N–H and O–H groups in total. The quantitative estimate of drug-likeness (QED) is 0.930. The van der Waals surface area contributed by atoms with Crippen LogP contribution in [0.15, 0.2) is 22.9 Å². The molecule has 0 aromatic carbocycles. The molecule has 3 nitrogen and oxygen atoms in total. The van der Waals surface area contributed by atoms with Gasteiger partial charge in [-0.2, -0.15) is 0 Å². The molecule has 1 fully saturated rings. The molecule has 1 aliphatic heterocycles. The minimum absolute atomic E-state index is 0.589. The molecule has 0 amide bonds. The lowest BCUT2D eigenvalue weighted by atomic mass is 10.0. The van der Waals surface area contributed by atoms with E-state index < -0.39 is 0 Å². The Labute approximate surface area is 118 Å². The molecule has 0 spiro atoms. The van der Waals surface area contributed by atoms with Gasteiger partial charge in [-0.3, -0.25) is 4.98 Å². The second kappa shape index (κ2) is 6.53. The molecule has 1 atom stereocenters. The zero-order valence-corrected chi connectivity index (χ0v) is 12.8. The first-order chi connectivity index (χ1) is 8.65. The van der Waals surface area contributed by atoms with Gasteiger partial charge in [-0.25, -0.2) is 0 Å². The van der Waals surface area contributed by atoms with Crippen molar-refractivity contribution in [2.75, 3.05) is 24.5 Å². The normalized spacial score (nSPS) is 21.1. The van der Waals surface area contributed by atoms with Crippen LogP contribution in [0.25, 0.3) is 0 Å². The third-order valence-electron chi connectivity index (χ3n) is 3.29. The Morgan fingerprint density at radius 1 is 1.50 bits per heavy atom. The van der Waals surface area contributed by atoms with Crippen LogP contribution in [0.3, 0.4) is 0 Å². The van der Waals surface area contributed by atoms with Crippen LogP contribution in [0.4, 0.5) is 5.69 Å². The lowest BCUT2D eigenvalue weighted by Gasteiger charge is -2.27. The molecule has 0 saturated carbocycles. The summed E-state index contributed by atoms with van der Waals surface area (Å²) in [5, 5.41) is 3.65. The Kier molecular flexibility index (Phi) is 5.01. The predicted molar refractivity (Wildman–Crippen MR) is 80.0 cm³/mol. The summed E-state index contributed by atoms with van der Waals surface area (Å²) in [4.78, 5) is 6.72. The first-order valence-electron chi connectivity index (χ1n) is 6.74. The van der Waals surface area contributed by atoms with Crippen LogP contribution in [0.1, 0.15) is 26.7 Å². The molecule has 1 unspecified atom stereocenters. The molecule has 1 aliphatic rings. The molecule has 2 heterocycles. The second-order valence-corrected chi connectivity index (χ2v) is 6.36. The summed E-state index contributed by atoms with van der Waals surface area (Å²) in [5.74, 6) is 0.739. The number of anilines is 1. The highest BCUT2D eigenvalue weighted by atomic mass is 79.9. The van der Waals surface area contributed by atoms with Gasteiger partial charge in [0, 0.05) is 29.8 Å². The second-order valence-electron chi connectivity index (χ2n) is 5.44. The van der Waals surface area contributed by atoms with Gasteiger partial charge in [0.15, 0.2) is 0 Å². The lowest BCUT2D eigenvalue weighted by Crippen LogP contribution is -2.38. The third-order valence-corrected chi connectivity index (χ3v) is 3.72. The smallest absolute Gasteiger partial charge is 0.0564 e. The Balaban J connectivity index is 2.07. The predicted octanol–water partition coefficient (Wildman–Crippen LogP) is 3.06. The zero-order chi connectivity index (χ0) is 13.0. The van der Waals surface area contributed by atoms with Crippen LogP contribution < -0.4 is 10.2 Å². The van der Waals surface area contributed by atoms with E-state index in [4.69, 9.17) is 0 Å². The molecule has 1 aromatic heterocycles. The average Bonchev–Trinajstić information content (AvgIpc) is 2.54. The highest BCUT2D eigenvalue weighted by Gasteiger charge is 2.19. The van der Waals surface area contributed by atoms with Gasteiger partial charge >= 0.3 is 0 Å². The molecule has 18 heavy (non-hydrogen) atoms. The van der Waals surface area contributed by atoms with Crippen molar-refractivity contribution in [3.63, 3.8) is 0 Å². The zero-order valence-electron chi connectivity index (χ0n) is 11.2. The van der Waals surface area contributed by atoms with E-state index in [0.717, 1.165) is 30.0 Å². The summed E-state index contributed by atoms with van der Waals surface area (Å²) >= 11 is 3.50. The maximum atomic E-state index is 4.27. The third kappa shape index (κ3) is 3.95. The molecular weight excluding hydrogens is 290 g/mol. The molecule has 1 saturated heterocycles. The van der Waals surface area contributed by atoms with Gasteiger partial charge in [-0.05, 0) is 47.3 Å². The van der Waals surface area contributed by atoms with Crippen molar-refractivity contribution < 1.29 is 0 Å². The van der Waals surface area contributed by atoms with E-state index in [1.807, 2.05) is 12.4 Å². The summed E-state index contributed by atoms with van der Waals surface area (Å²) < 4.78 is 1.05. The van der Waals surface area contributed by atoms with Crippen LogP contribution in [-0.4, -0.2) is 30.7 Å². The fourth-order valence-corrected chi connectivity index (χ4v) is 2.89. The standard InChI is InChI=1S/C14H22BrN3/c1-11(2)6-13-10-18(5-3-4-17-13)14-7-12(15)8-16-9-14/h7-9,11,13,17H,3-6,10H2,1-2H3. The Hall–Kier alpha value is -0.610. The number of halogens is 1. The van der Waals surface area contributed by atoms with Crippen molar-refractivity contribution in [1.82, 2.24) is 10.3 Å². The van der Waals surface area contributed by atoms with Crippen LogP contribution in [0, 0.1) is 5.92 Å². The number of hydrogen-bond acceptors (Lipinski definition) is 3. The SMILES string of the molecule is CC(C)CC1CN(c2cncc(Br)c2)CCCN1. The lowest BCUT2D eigenvalue weighted by molar-refractivity contribution is 0.436. The molecule has 0 radical (unpaired) electrons. The highest BCUT2D eigenvalue weighted by molar-refractivity contribution is 9.10. The highest BCUT2D eigenvalue weighted by Crippen LogP contribution is 2.20. The minimum Gasteiger partial charge on any atom is -0.369 e. The molecule has 0 bridgehead atoms. The van der Waals surface area contributed by atoms with Gasteiger partial charge in [-0.1, -0.05) is 13.8 Å². The first kappa shape index (κ1) is 13.8. The van der Waals surface area contributed by atoms with E-state index >= 15 is 0 Å². The first-order valence-corrected chi connectivity index (χ1v) is 7.53. The number of aromatic nitrogens is 1. The number of hydrogen-bond donors (Lipinski definition) is 1. The summed E-state index contributed by atoms with van der Waals surface area (Å²) in [7, 11) is 0. The largest absolute Gasteiger partial charge is 0.369 e. The van der Waals surface area contributed by atoms with E-state index in [0.29, 0.717) is 6.04 Å². The Morgan fingerprint density at radius 3 is 3.06 bits per heavy atom.